The first kappa shape index (κ1) is 38.7. The van der Waals surface area contributed by atoms with Gasteiger partial charge in [-0.05, 0) is 118 Å². The molecule has 0 N–H and O–H groups in total. The molecule has 0 saturated heterocycles. The Morgan fingerprint density at radius 2 is 0.791 bits per heavy atom. The van der Waals surface area contributed by atoms with Crippen molar-refractivity contribution in [3.63, 3.8) is 0 Å². The SMILES string of the molecule is CC(C)(C)OC(=O)CN(CC(=O)OC(C)(C)C)Cc1cc(I)cc(CN(CC(=O)OC(C)(C)C)CC(=O)OC(C)(C)C)n1. The number of ether oxygens (including phenoxy) is 4. The van der Waals surface area contributed by atoms with E-state index in [1.807, 2.05) is 12.1 Å². The van der Waals surface area contributed by atoms with E-state index in [0.717, 1.165) is 3.57 Å². The Hall–Kier alpha value is -2.32. The standard InChI is InChI=1S/C31H50IN3O8/c1-28(2,3)40-24(36)17-34(18-25(37)41-29(4,5)6)15-22-13-21(32)14-23(33-22)16-35(19-26(38)42-30(7,8)9)20-27(39)43-31(10,11)12/h13-14H,15-20H2,1-12H3. The number of hydrogen-bond donors (Lipinski definition) is 0. The summed E-state index contributed by atoms with van der Waals surface area (Å²) in [5, 5.41) is 0. The van der Waals surface area contributed by atoms with Crippen molar-refractivity contribution in [1.29, 1.82) is 0 Å². The lowest BCUT2D eigenvalue weighted by molar-refractivity contribution is -0.162. The van der Waals surface area contributed by atoms with E-state index < -0.39 is 46.3 Å². The van der Waals surface area contributed by atoms with E-state index in [-0.39, 0.29) is 39.3 Å². The summed E-state index contributed by atoms with van der Waals surface area (Å²) in [7, 11) is 0. The molecule has 0 aromatic carbocycles. The second-order valence-electron chi connectivity index (χ2n) is 14.4. The Morgan fingerprint density at radius 3 is 1.00 bits per heavy atom. The van der Waals surface area contributed by atoms with Gasteiger partial charge in [0.15, 0.2) is 0 Å². The van der Waals surface area contributed by atoms with Gasteiger partial charge in [-0.25, -0.2) is 0 Å². The molecule has 0 aliphatic carbocycles. The van der Waals surface area contributed by atoms with Gasteiger partial charge < -0.3 is 18.9 Å². The Labute approximate surface area is 270 Å². The third kappa shape index (κ3) is 19.6. The Morgan fingerprint density at radius 1 is 0.558 bits per heavy atom. The molecule has 0 saturated carbocycles. The predicted octanol–water partition coefficient (Wildman–Crippen LogP) is 4.66. The van der Waals surface area contributed by atoms with Crippen LogP contribution < -0.4 is 0 Å². The van der Waals surface area contributed by atoms with Crippen LogP contribution in [0, 0.1) is 3.57 Å². The molecule has 0 radical (unpaired) electrons. The molecular weight excluding hydrogens is 669 g/mol. The summed E-state index contributed by atoms with van der Waals surface area (Å²) in [6.45, 7) is 21.0. The van der Waals surface area contributed by atoms with Crippen molar-refractivity contribution in [2.75, 3.05) is 26.2 Å². The van der Waals surface area contributed by atoms with Crippen LogP contribution in [-0.4, -0.2) is 87.2 Å². The Kier molecular flexibility index (Phi) is 14.0. The highest BCUT2D eigenvalue weighted by Gasteiger charge is 2.26. The maximum Gasteiger partial charge on any atom is 0.320 e. The van der Waals surface area contributed by atoms with Crippen molar-refractivity contribution in [3.8, 4) is 0 Å². The summed E-state index contributed by atoms with van der Waals surface area (Å²) >= 11 is 2.15. The van der Waals surface area contributed by atoms with Crippen LogP contribution in [0.15, 0.2) is 12.1 Å². The van der Waals surface area contributed by atoms with Gasteiger partial charge >= 0.3 is 23.9 Å². The number of nitrogens with zero attached hydrogens (tertiary/aromatic N) is 3. The predicted molar refractivity (Wildman–Crippen MR) is 171 cm³/mol. The average molecular weight is 720 g/mol. The van der Waals surface area contributed by atoms with Crippen LogP contribution in [-0.2, 0) is 51.2 Å². The summed E-state index contributed by atoms with van der Waals surface area (Å²) in [6, 6.07) is 3.68. The molecule has 244 valence electrons. The molecule has 0 bridgehead atoms. The third-order valence-electron chi connectivity index (χ3n) is 4.76. The van der Waals surface area contributed by atoms with Gasteiger partial charge in [-0.2, -0.15) is 0 Å². The number of rotatable bonds is 12. The lowest BCUT2D eigenvalue weighted by Crippen LogP contribution is -2.40. The summed E-state index contributed by atoms with van der Waals surface area (Å²) in [5.41, 5.74) is -1.57. The van der Waals surface area contributed by atoms with E-state index in [1.165, 1.54) is 0 Å². The van der Waals surface area contributed by atoms with Crippen molar-refractivity contribution in [1.82, 2.24) is 14.8 Å². The minimum absolute atomic E-state index is 0.150. The molecule has 0 atom stereocenters. The second-order valence-corrected chi connectivity index (χ2v) is 15.6. The fourth-order valence-corrected chi connectivity index (χ4v) is 4.51. The van der Waals surface area contributed by atoms with E-state index in [0.29, 0.717) is 11.4 Å². The lowest BCUT2D eigenvalue weighted by Gasteiger charge is -2.27. The zero-order valence-corrected chi connectivity index (χ0v) is 30.0. The third-order valence-corrected chi connectivity index (χ3v) is 5.38. The molecule has 0 unspecified atom stereocenters. The van der Waals surface area contributed by atoms with E-state index in [2.05, 4.69) is 22.6 Å². The number of hydrogen-bond acceptors (Lipinski definition) is 11. The maximum absolute atomic E-state index is 12.7. The number of pyridine rings is 1. The molecule has 1 rings (SSSR count). The number of carbonyl (C=O) groups excluding carboxylic acids is 4. The minimum Gasteiger partial charge on any atom is -0.459 e. The first-order chi connectivity index (χ1) is 19.3. The lowest BCUT2D eigenvalue weighted by atomic mass is 10.2. The van der Waals surface area contributed by atoms with Crippen LogP contribution in [0.25, 0.3) is 0 Å². The van der Waals surface area contributed by atoms with Gasteiger partial charge in [0.25, 0.3) is 0 Å². The van der Waals surface area contributed by atoms with Crippen LogP contribution in [0.2, 0.25) is 0 Å². The topological polar surface area (TPSA) is 125 Å². The van der Waals surface area contributed by atoms with Gasteiger partial charge in [0.2, 0.25) is 0 Å². The summed E-state index contributed by atoms with van der Waals surface area (Å²) in [4.78, 5) is 58.7. The zero-order valence-electron chi connectivity index (χ0n) is 27.9. The van der Waals surface area contributed by atoms with Crippen molar-refractivity contribution in [2.24, 2.45) is 0 Å². The highest BCUT2D eigenvalue weighted by atomic mass is 127. The smallest absolute Gasteiger partial charge is 0.320 e. The first-order valence-electron chi connectivity index (χ1n) is 14.3. The van der Waals surface area contributed by atoms with Crippen molar-refractivity contribution >= 4 is 46.5 Å². The van der Waals surface area contributed by atoms with Crippen LogP contribution in [0.1, 0.15) is 94.5 Å². The molecular formula is C31H50IN3O8. The second kappa shape index (κ2) is 15.6. The highest BCUT2D eigenvalue weighted by molar-refractivity contribution is 14.1. The normalized spacial score (nSPS) is 12.7. The van der Waals surface area contributed by atoms with Gasteiger partial charge in [-0.1, -0.05) is 0 Å². The molecule has 0 amide bonds. The first-order valence-corrected chi connectivity index (χ1v) is 15.3. The molecule has 1 heterocycles. The minimum atomic E-state index is -0.687. The summed E-state index contributed by atoms with van der Waals surface area (Å²) < 4.78 is 22.8. The Balaban J connectivity index is 3.26. The van der Waals surface area contributed by atoms with Gasteiger partial charge in [-0.3, -0.25) is 34.0 Å². The van der Waals surface area contributed by atoms with Crippen molar-refractivity contribution in [2.45, 2.75) is 119 Å². The highest BCUT2D eigenvalue weighted by Crippen LogP contribution is 2.17. The summed E-state index contributed by atoms with van der Waals surface area (Å²) in [6.07, 6.45) is 0. The molecule has 0 aliphatic heterocycles. The molecule has 1 aromatic rings. The summed E-state index contributed by atoms with van der Waals surface area (Å²) in [5.74, 6) is -1.93. The Bertz CT molecular complexity index is 984. The quantitative estimate of drug-likeness (QED) is 0.170. The van der Waals surface area contributed by atoms with Crippen LogP contribution >= 0.6 is 22.6 Å². The van der Waals surface area contributed by atoms with Crippen molar-refractivity contribution in [3.05, 3.63) is 27.1 Å². The average Bonchev–Trinajstić information content (AvgIpc) is 2.66. The van der Waals surface area contributed by atoms with Crippen LogP contribution in [0.4, 0.5) is 0 Å². The zero-order chi connectivity index (χ0) is 33.4. The van der Waals surface area contributed by atoms with Gasteiger partial charge in [0.1, 0.15) is 22.4 Å². The van der Waals surface area contributed by atoms with E-state index in [4.69, 9.17) is 23.9 Å². The van der Waals surface area contributed by atoms with Crippen molar-refractivity contribution < 1.29 is 38.1 Å². The molecule has 1 aromatic heterocycles. The molecule has 0 fully saturated rings. The maximum atomic E-state index is 12.7. The van der Waals surface area contributed by atoms with E-state index in [1.54, 1.807) is 92.9 Å². The van der Waals surface area contributed by atoms with Gasteiger partial charge in [0.05, 0.1) is 37.6 Å². The molecule has 43 heavy (non-hydrogen) atoms. The van der Waals surface area contributed by atoms with Gasteiger partial charge in [-0.15, -0.1) is 0 Å². The number of aromatic nitrogens is 1. The number of halogens is 1. The van der Waals surface area contributed by atoms with Crippen LogP contribution in [0.3, 0.4) is 0 Å². The molecule has 12 heteroatoms. The molecule has 11 nitrogen and oxygen atoms in total. The monoisotopic (exact) mass is 719 g/mol. The van der Waals surface area contributed by atoms with Gasteiger partial charge in [0, 0.05) is 16.7 Å². The fourth-order valence-electron chi connectivity index (χ4n) is 3.79. The van der Waals surface area contributed by atoms with E-state index in [9.17, 15) is 19.2 Å². The number of carbonyl (C=O) groups is 4. The largest absolute Gasteiger partial charge is 0.459 e. The molecule has 0 spiro atoms. The van der Waals surface area contributed by atoms with Crippen LogP contribution in [0.5, 0.6) is 0 Å². The number of esters is 4. The fraction of sp³-hybridized carbons (Fsp3) is 0.710. The van der Waals surface area contributed by atoms with E-state index >= 15 is 0 Å². The molecule has 0 aliphatic rings.